The number of anilines is 1. The quantitative estimate of drug-likeness (QED) is 0.902. The minimum Gasteiger partial charge on any atom is -0.392 e. The molecule has 2 unspecified atom stereocenters. The van der Waals surface area contributed by atoms with Crippen LogP contribution in [0.15, 0.2) is 18.2 Å². The fourth-order valence-electron chi connectivity index (χ4n) is 2.61. The average Bonchev–Trinajstić information content (AvgIpc) is 2.47. The van der Waals surface area contributed by atoms with E-state index in [1.54, 1.807) is 13.2 Å². The van der Waals surface area contributed by atoms with Crippen molar-refractivity contribution in [2.45, 2.75) is 26.1 Å². The normalized spacial score (nSPS) is 23.2. The second-order valence-corrected chi connectivity index (χ2v) is 5.11. The average molecular weight is 260 g/mol. The number of benzene rings is 1. The molecule has 0 amide bonds. The summed E-state index contributed by atoms with van der Waals surface area (Å²) in [5.41, 5.74) is 2.33. The van der Waals surface area contributed by atoms with E-state index in [0.29, 0.717) is 11.5 Å². The largest absolute Gasteiger partial charge is 0.392 e. The third kappa shape index (κ3) is 2.89. The predicted octanol–water partition coefficient (Wildman–Crippen LogP) is 1.91. The molecular weight excluding hydrogens is 240 g/mol. The Morgan fingerprint density at radius 1 is 1.53 bits per heavy atom. The number of rotatable bonds is 3. The molecule has 0 spiro atoms. The highest BCUT2D eigenvalue weighted by molar-refractivity contribution is 5.60. The van der Waals surface area contributed by atoms with Crippen molar-refractivity contribution in [3.05, 3.63) is 29.3 Å². The molecule has 2 atom stereocenters. The topological polar surface area (TPSA) is 56.5 Å². The Kier molecular flexibility index (Phi) is 4.41. The van der Waals surface area contributed by atoms with E-state index in [4.69, 9.17) is 9.84 Å². The molecule has 102 valence electrons. The zero-order chi connectivity index (χ0) is 13.8. The highest BCUT2D eigenvalue weighted by atomic mass is 16.5. The lowest BCUT2D eigenvalue weighted by molar-refractivity contribution is 0.0498. The van der Waals surface area contributed by atoms with Gasteiger partial charge in [-0.1, -0.05) is 13.0 Å². The maximum Gasteiger partial charge on any atom is 0.101 e. The van der Waals surface area contributed by atoms with E-state index in [1.165, 1.54) is 0 Å². The molecule has 1 aliphatic heterocycles. The standard InChI is InChI=1S/C15H20N2O2/c1-11-5-6-17(9-15(11)19-2)14-4-3-12(10-18)7-13(14)8-16/h3-4,7,11,15,18H,5-6,9-10H2,1-2H3. The van der Waals surface area contributed by atoms with Crippen LogP contribution in [0.1, 0.15) is 24.5 Å². The van der Waals surface area contributed by atoms with E-state index >= 15 is 0 Å². The number of piperidine rings is 1. The molecule has 0 aliphatic carbocycles. The first-order valence-corrected chi connectivity index (χ1v) is 6.61. The van der Waals surface area contributed by atoms with Crippen molar-refractivity contribution < 1.29 is 9.84 Å². The molecule has 4 nitrogen and oxygen atoms in total. The van der Waals surface area contributed by atoms with Gasteiger partial charge in [-0.15, -0.1) is 0 Å². The van der Waals surface area contributed by atoms with Crippen LogP contribution in [0.25, 0.3) is 0 Å². The van der Waals surface area contributed by atoms with Gasteiger partial charge in [0, 0.05) is 20.2 Å². The number of nitriles is 1. The Morgan fingerprint density at radius 3 is 2.95 bits per heavy atom. The Hall–Kier alpha value is -1.57. The summed E-state index contributed by atoms with van der Waals surface area (Å²) < 4.78 is 5.51. The number of hydrogen-bond acceptors (Lipinski definition) is 4. The number of hydrogen-bond donors (Lipinski definition) is 1. The second-order valence-electron chi connectivity index (χ2n) is 5.11. The van der Waals surface area contributed by atoms with Crippen molar-refractivity contribution in [2.24, 2.45) is 5.92 Å². The van der Waals surface area contributed by atoms with Crippen LogP contribution in [0.3, 0.4) is 0 Å². The first kappa shape index (κ1) is 13.9. The zero-order valence-electron chi connectivity index (χ0n) is 11.5. The van der Waals surface area contributed by atoms with Crippen molar-refractivity contribution in [1.82, 2.24) is 0 Å². The molecular formula is C15H20N2O2. The SMILES string of the molecule is COC1CN(c2ccc(CO)cc2C#N)CCC1C. The van der Waals surface area contributed by atoms with Crippen molar-refractivity contribution in [3.8, 4) is 6.07 Å². The van der Waals surface area contributed by atoms with Crippen molar-refractivity contribution in [1.29, 1.82) is 5.26 Å². The lowest BCUT2D eigenvalue weighted by atomic mass is 9.94. The first-order chi connectivity index (χ1) is 9.19. The van der Waals surface area contributed by atoms with Gasteiger partial charge < -0.3 is 14.7 Å². The van der Waals surface area contributed by atoms with E-state index in [0.717, 1.165) is 30.8 Å². The first-order valence-electron chi connectivity index (χ1n) is 6.61. The molecule has 1 saturated heterocycles. The van der Waals surface area contributed by atoms with Crippen LogP contribution in [0.4, 0.5) is 5.69 Å². The number of methoxy groups -OCH3 is 1. The van der Waals surface area contributed by atoms with Gasteiger partial charge in [-0.3, -0.25) is 0 Å². The van der Waals surface area contributed by atoms with Crippen LogP contribution in [-0.4, -0.2) is 31.4 Å². The smallest absolute Gasteiger partial charge is 0.101 e. The molecule has 0 saturated carbocycles. The summed E-state index contributed by atoms with van der Waals surface area (Å²) >= 11 is 0. The second kappa shape index (κ2) is 6.05. The van der Waals surface area contributed by atoms with Gasteiger partial charge in [0.15, 0.2) is 0 Å². The lowest BCUT2D eigenvalue weighted by Gasteiger charge is -2.38. The summed E-state index contributed by atoms with van der Waals surface area (Å²) in [5, 5.41) is 18.4. The van der Waals surface area contributed by atoms with E-state index in [1.807, 2.05) is 12.1 Å². The van der Waals surface area contributed by atoms with Gasteiger partial charge in [0.25, 0.3) is 0 Å². The highest BCUT2D eigenvalue weighted by Gasteiger charge is 2.27. The third-order valence-electron chi connectivity index (χ3n) is 3.90. The molecule has 0 radical (unpaired) electrons. The summed E-state index contributed by atoms with van der Waals surface area (Å²) in [6.07, 6.45) is 1.27. The van der Waals surface area contributed by atoms with Crippen LogP contribution in [-0.2, 0) is 11.3 Å². The third-order valence-corrected chi connectivity index (χ3v) is 3.90. The maximum absolute atomic E-state index is 9.25. The number of aliphatic hydroxyl groups is 1. The van der Waals surface area contributed by atoms with Crippen LogP contribution in [0, 0.1) is 17.2 Å². The maximum atomic E-state index is 9.25. The van der Waals surface area contributed by atoms with Crippen molar-refractivity contribution in [2.75, 3.05) is 25.1 Å². The van der Waals surface area contributed by atoms with E-state index < -0.39 is 0 Å². The highest BCUT2D eigenvalue weighted by Crippen LogP contribution is 2.28. The molecule has 0 bridgehead atoms. The molecule has 2 rings (SSSR count). The van der Waals surface area contributed by atoms with Gasteiger partial charge in [0.05, 0.1) is 24.0 Å². The summed E-state index contributed by atoms with van der Waals surface area (Å²) in [6, 6.07) is 7.77. The minimum atomic E-state index is -0.0350. The Balaban J connectivity index is 2.25. The van der Waals surface area contributed by atoms with Crippen LogP contribution >= 0.6 is 0 Å². The van der Waals surface area contributed by atoms with Gasteiger partial charge >= 0.3 is 0 Å². The summed E-state index contributed by atoms with van der Waals surface area (Å²) in [6.45, 7) is 3.91. The number of ether oxygens (including phenoxy) is 1. The van der Waals surface area contributed by atoms with Gasteiger partial charge in [0.2, 0.25) is 0 Å². The molecule has 0 aromatic heterocycles. The molecule has 1 N–H and O–H groups in total. The number of nitrogens with zero attached hydrogens (tertiary/aromatic N) is 2. The van der Waals surface area contributed by atoms with Crippen LogP contribution in [0.5, 0.6) is 0 Å². The number of aliphatic hydroxyl groups excluding tert-OH is 1. The summed E-state index contributed by atoms with van der Waals surface area (Å²) in [4.78, 5) is 2.20. The van der Waals surface area contributed by atoms with Crippen LogP contribution in [0.2, 0.25) is 0 Å². The van der Waals surface area contributed by atoms with Crippen molar-refractivity contribution in [3.63, 3.8) is 0 Å². The summed E-state index contributed by atoms with van der Waals surface area (Å²) in [7, 11) is 1.74. The van der Waals surface area contributed by atoms with Crippen molar-refractivity contribution >= 4 is 5.69 Å². The van der Waals surface area contributed by atoms with Gasteiger partial charge in [0.1, 0.15) is 6.07 Å². The Bertz CT molecular complexity index is 482. The molecule has 1 heterocycles. The molecule has 1 fully saturated rings. The Morgan fingerprint density at radius 2 is 2.32 bits per heavy atom. The zero-order valence-corrected chi connectivity index (χ0v) is 11.5. The predicted molar refractivity (Wildman–Crippen MR) is 73.9 cm³/mol. The fourth-order valence-corrected chi connectivity index (χ4v) is 2.61. The minimum absolute atomic E-state index is 0.0350. The summed E-state index contributed by atoms with van der Waals surface area (Å²) in [5.74, 6) is 0.545. The van der Waals surface area contributed by atoms with Gasteiger partial charge in [-0.2, -0.15) is 5.26 Å². The lowest BCUT2D eigenvalue weighted by Crippen LogP contribution is -2.44. The fraction of sp³-hybridized carbons (Fsp3) is 0.533. The molecule has 19 heavy (non-hydrogen) atoms. The van der Waals surface area contributed by atoms with Gasteiger partial charge in [-0.25, -0.2) is 0 Å². The molecule has 1 aliphatic rings. The molecule has 1 aromatic rings. The Labute approximate surface area is 114 Å². The van der Waals surface area contributed by atoms with E-state index in [-0.39, 0.29) is 12.7 Å². The van der Waals surface area contributed by atoms with Crippen LogP contribution < -0.4 is 4.90 Å². The van der Waals surface area contributed by atoms with Gasteiger partial charge in [-0.05, 0) is 30.0 Å². The van der Waals surface area contributed by atoms with E-state index in [2.05, 4.69) is 17.9 Å². The monoisotopic (exact) mass is 260 g/mol. The molecule has 4 heteroatoms. The molecule has 1 aromatic carbocycles. The van der Waals surface area contributed by atoms with E-state index in [9.17, 15) is 5.26 Å².